The first-order chi connectivity index (χ1) is 3.68. The van der Waals surface area contributed by atoms with Crippen molar-refractivity contribution in [3.05, 3.63) is 0 Å². The fourth-order valence-corrected chi connectivity index (χ4v) is 0.117. The molecule has 2 N–H and O–H groups in total. The molecule has 0 spiro atoms. The van der Waals surface area contributed by atoms with Crippen LogP contribution in [0.4, 0.5) is 0 Å². The van der Waals surface area contributed by atoms with Crippen molar-refractivity contribution in [2.24, 2.45) is 5.73 Å². The molecular formula is C3H5NO4. The predicted octanol–water partition coefficient (Wildman–Crippen LogP) is -1.42. The van der Waals surface area contributed by atoms with Crippen LogP contribution in [0.3, 0.4) is 0 Å². The summed E-state index contributed by atoms with van der Waals surface area (Å²) in [4.78, 5) is 27.2. The van der Waals surface area contributed by atoms with Crippen molar-refractivity contribution in [2.45, 2.75) is 0 Å². The molecule has 0 aliphatic rings. The number of carbonyl (C=O) groups excluding carboxylic acids is 2. The third kappa shape index (κ3) is 2.14. The molecular weight excluding hydrogens is 114 g/mol. The molecule has 0 aromatic heterocycles. The van der Waals surface area contributed by atoms with Gasteiger partial charge in [-0.05, 0) is 0 Å². The quantitative estimate of drug-likeness (QED) is 0.261. The summed E-state index contributed by atoms with van der Waals surface area (Å²) in [6, 6.07) is 0. The zero-order valence-corrected chi connectivity index (χ0v) is 4.21. The van der Waals surface area contributed by atoms with Crippen molar-refractivity contribution in [3.8, 4) is 0 Å². The SMILES string of the molecule is COOC(=O)C(N)=O. The first kappa shape index (κ1) is 6.90. The number of primary amides is 1. The van der Waals surface area contributed by atoms with Crippen molar-refractivity contribution < 1.29 is 19.4 Å². The van der Waals surface area contributed by atoms with Gasteiger partial charge in [0.05, 0.1) is 7.11 Å². The molecule has 46 valence electrons. The summed E-state index contributed by atoms with van der Waals surface area (Å²) < 4.78 is 0. The van der Waals surface area contributed by atoms with Crippen molar-refractivity contribution in [1.82, 2.24) is 0 Å². The molecule has 0 fully saturated rings. The Kier molecular flexibility index (Phi) is 2.57. The second-order valence-corrected chi connectivity index (χ2v) is 0.902. The van der Waals surface area contributed by atoms with Gasteiger partial charge in [-0.1, -0.05) is 0 Å². The van der Waals surface area contributed by atoms with E-state index in [4.69, 9.17) is 0 Å². The number of hydrogen-bond acceptors (Lipinski definition) is 4. The van der Waals surface area contributed by atoms with Crippen molar-refractivity contribution in [2.75, 3.05) is 7.11 Å². The molecule has 0 radical (unpaired) electrons. The Balaban J connectivity index is 3.49. The zero-order valence-electron chi connectivity index (χ0n) is 4.21. The molecule has 0 aromatic carbocycles. The zero-order chi connectivity index (χ0) is 6.57. The van der Waals surface area contributed by atoms with Crippen LogP contribution in [0.25, 0.3) is 0 Å². The van der Waals surface area contributed by atoms with E-state index in [1.165, 1.54) is 0 Å². The van der Waals surface area contributed by atoms with Gasteiger partial charge in [-0.15, -0.1) is 0 Å². The summed E-state index contributed by atoms with van der Waals surface area (Å²) in [5, 5.41) is 0. The normalized spacial score (nSPS) is 8.12. The van der Waals surface area contributed by atoms with Gasteiger partial charge in [-0.25, -0.2) is 4.79 Å². The highest BCUT2D eigenvalue weighted by atomic mass is 17.2. The number of nitrogens with two attached hydrogens (primary N) is 1. The van der Waals surface area contributed by atoms with Gasteiger partial charge in [0.25, 0.3) is 0 Å². The van der Waals surface area contributed by atoms with Gasteiger partial charge in [0.2, 0.25) is 0 Å². The van der Waals surface area contributed by atoms with Crippen LogP contribution in [-0.4, -0.2) is 19.0 Å². The minimum Gasteiger partial charge on any atom is -0.360 e. The molecule has 0 aliphatic carbocycles. The largest absolute Gasteiger partial charge is 0.429 e. The monoisotopic (exact) mass is 119 g/mol. The van der Waals surface area contributed by atoms with E-state index in [-0.39, 0.29) is 0 Å². The molecule has 0 rings (SSSR count). The Morgan fingerprint density at radius 1 is 1.50 bits per heavy atom. The lowest BCUT2D eigenvalue weighted by molar-refractivity contribution is -0.252. The van der Waals surface area contributed by atoms with Gasteiger partial charge < -0.3 is 5.73 Å². The van der Waals surface area contributed by atoms with E-state index < -0.39 is 11.9 Å². The van der Waals surface area contributed by atoms with Crippen molar-refractivity contribution >= 4 is 11.9 Å². The van der Waals surface area contributed by atoms with Crippen LogP contribution >= 0.6 is 0 Å². The maximum absolute atomic E-state index is 9.92. The molecule has 0 aliphatic heterocycles. The minimum atomic E-state index is -1.20. The summed E-state index contributed by atoms with van der Waals surface area (Å²) in [6.45, 7) is 0. The molecule has 0 aromatic rings. The Morgan fingerprint density at radius 2 is 2.00 bits per heavy atom. The van der Waals surface area contributed by atoms with E-state index in [0.29, 0.717) is 0 Å². The lowest BCUT2D eigenvalue weighted by Gasteiger charge is -1.90. The highest BCUT2D eigenvalue weighted by molar-refractivity contribution is 6.31. The summed E-state index contributed by atoms with van der Waals surface area (Å²) in [5.74, 6) is -2.38. The molecule has 0 heterocycles. The summed E-state index contributed by atoms with van der Waals surface area (Å²) >= 11 is 0. The highest BCUT2D eigenvalue weighted by Crippen LogP contribution is 1.72. The van der Waals surface area contributed by atoms with E-state index in [2.05, 4.69) is 15.5 Å². The smallest absolute Gasteiger partial charge is 0.360 e. The van der Waals surface area contributed by atoms with Crippen LogP contribution < -0.4 is 5.73 Å². The highest BCUT2D eigenvalue weighted by Gasteiger charge is 2.09. The second-order valence-electron chi connectivity index (χ2n) is 0.902. The van der Waals surface area contributed by atoms with Crippen molar-refractivity contribution in [1.29, 1.82) is 0 Å². The number of hydrogen-bond donors (Lipinski definition) is 1. The molecule has 0 unspecified atom stereocenters. The maximum atomic E-state index is 9.92. The molecule has 0 saturated heterocycles. The van der Waals surface area contributed by atoms with Gasteiger partial charge in [0.15, 0.2) is 0 Å². The lowest BCUT2D eigenvalue weighted by Crippen LogP contribution is -2.24. The lowest BCUT2D eigenvalue weighted by atomic mass is 10.7. The number of rotatable bonds is 1. The van der Waals surface area contributed by atoms with Crippen molar-refractivity contribution in [3.63, 3.8) is 0 Å². The Hall–Kier alpha value is -1.10. The molecule has 0 bridgehead atoms. The van der Waals surface area contributed by atoms with Gasteiger partial charge in [-0.3, -0.25) is 9.68 Å². The molecule has 1 amide bonds. The third-order valence-corrected chi connectivity index (χ3v) is 0.360. The fraction of sp³-hybridized carbons (Fsp3) is 0.333. The topological polar surface area (TPSA) is 78.6 Å². The van der Waals surface area contributed by atoms with Gasteiger partial charge in [0, 0.05) is 0 Å². The van der Waals surface area contributed by atoms with E-state index >= 15 is 0 Å². The average molecular weight is 119 g/mol. The summed E-state index contributed by atoms with van der Waals surface area (Å²) in [6.07, 6.45) is 0. The fourth-order valence-electron chi connectivity index (χ4n) is 0.117. The van der Waals surface area contributed by atoms with E-state index in [1.54, 1.807) is 0 Å². The number of amides is 1. The summed E-state index contributed by atoms with van der Waals surface area (Å²) in [5.41, 5.74) is 4.43. The summed E-state index contributed by atoms with van der Waals surface area (Å²) in [7, 11) is 1.10. The minimum absolute atomic E-state index is 1.10. The van der Waals surface area contributed by atoms with Crippen LogP contribution in [-0.2, 0) is 19.4 Å². The van der Waals surface area contributed by atoms with Crippen LogP contribution in [0.2, 0.25) is 0 Å². The first-order valence-electron chi connectivity index (χ1n) is 1.73. The van der Waals surface area contributed by atoms with Crippen LogP contribution in [0, 0.1) is 0 Å². The van der Waals surface area contributed by atoms with Gasteiger partial charge in [-0.2, -0.15) is 4.89 Å². The number of carbonyl (C=O) groups is 2. The predicted molar refractivity (Wildman–Crippen MR) is 22.3 cm³/mol. The molecule has 0 saturated carbocycles. The Labute approximate surface area is 45.3 Å². The Morgan fingerprint density at radius 3 is 2.12 bits per heavy atom. The average Bonchev–Trinajstić information content (AvgIpc) is 1.67. The molecule has 8 heavy (non-hydrogen) atoms. The molecule has 5 heteroatoms. The molecule has 0 atom stereocenters. The molecule has 5 nitrogen and oxygen atoms in total. The van der Waals surface area contributed by atoms with E-state index in [0.717, 1.165) is 7.11 Å². The van der Waals surface area contributed by atoms with Crippen LogP contribution in [0.15, 0.2) is 0 Å². The van der Waals surface area contributed by atoms with Gasteiger partial charge >= 0.3 is 11.9 Å². The van der Waals surface area contributed by atoms with Crippen LogP contribution in [0.5, 0.6) is 0 Å². The van der Waals surface area contributed by atoms with Crippen LogP contribution in [0.1, 0.15) is 0 Å². The van der Waals surface area contributed by atoms with E-state index in [9.17, 15) is 9.59 Å². The second kappa shape index (κ2) is 2.98. The standard InChI is InChI=1S/C3H5NO4/c1-7-8-3(6)2(4)5/h1H3,(H2,4,5). The maximum Gasteiger partial charge on any atom is 0.429 e. The first-order valence-corrected chi connectivity index (χ1v) is 1.73. The van der Waals surface area contributed by atoms with Gasteiger partial charge in [0.1, 0.15) is 0 Å². The van der Waals surface area contributed by atoms with E-state index in [1.807, 2.05) is 0 Å². The third-order valence-electron chi connectivity index (χ3n) is 0.360. The Bertz CT molecular complexity index is 110.